The number of nitrogens with zero attached hydrogens (tertiary/aromatic N) is 2. The summed E-state index contributed by atoms with van der Waals surface area (Å²) in [5, 5.41) is 3.63. The standard InChI is InChI=1S/C21H18ClN3O2/c1-13-23-8-7-19(24-13)14-3-2-4-18(11-14)25-21(26)16-9-15-10-17(22)5-6-20(15)27-12-16/h2-8,10-11,16H,9,12H2,1H3,(H,25,26)/t16-/m1/s1. The Hall–Kier alpha value is -2.92. The molecule has 0 radical (unpaired) electrons. The molecule has 1 aliphatic heterocycles. The van der Waals surface area contributed by atoms with Gasteiger partial charge in [0.05, 0.1) is 11.6 Å². The van der Waals surface area contributed by atoms with Crippen molar-refractivity contribution in [2.45, 2.75) is 13.3 Å². The summed E-state index contributed by atoms with van der Waals surface area (Å²) in [6, 6.07) is 15.0. The van der Waals surface area contributed by atoms with Crippen molar-refractivity contribution in [3.05, 3.63) is 71.1 Å². The summed E-state index contributed by atoms with van der Waals surface area (Å²) >= 11 is 6.05. The van der Waals surface area contributed by atoms with Crippen molar-refractivity contribution < 1.29 is 9.53 Å². The van der Waals surface area contributed by atoms with E-state index in [1.807, 2.05) is 49.4 Å². The number of aromatic nitrogens is 2. The van der Waals surface area contributed by atoms with Gasteiger partial charge in [-0.25, -0.2) is 9.97 Å². The number of anilines is 1. The van der Waals surface area contributed by atoms with Gasteiger partial charge in [0.1, 0.15) is 18.2 Å². The molecule has 1 aromatic heterocycles. The van der Waals surface area contributed by atoms with E-state index in [0.29, 0.717) is 23.9 Å². The molecule has 0 unspecified atom stereocenters. The minimum absolute atomic E-state index is 0.0726. The molecule has 0 spiro atoms. The summed E-state index contributed by atoms with van der Waals surface area (Å²) in [5.41, 5.74) is 3.43. The summed E-state index contributed by atoms with van der Waals surface area (Å²) < 4.78 is 5.72. The third kappa shape index (κ3) is 3.93. The van der Waals surface area contributed by atoms with Crippen molar-refractivity contribution in [3.8, 4) is 17.0 Å². The van der Waals surface area contributed by atoms with Crippen molar-refractivity contribution in [1.82, 2.24) is 9.97 Å². The molecule has 1 amide bonds. The van der Waals surface area contributed by atoms with Crippen molar-refractivity contribution in [3.63, 3.8) is 0 Å². The lowest BCUT2D eigenvalue weighted by Crippen LogP contribution is -2.32. The van der Waals surface area contributed by atoms with Gasteiger partial charge in [-0.1, -0.05) is 23.7 Å². The highest BCUT2D eigenvalue weighted by Crippen LogP contribution is 2.30. The molecule has 0 saturated heterocycles. The monoisotopic (exact) mass is 379 g/mol. The molecule has 27 heavy (non-hydrogen) atoms. The third-order valence-electron chi connectivity index (χ3n) is 4.50. The number of aryl methyl sites for hydroxylation is 1. The van der Waals surface area contributed by atoms with E-state index in [9.17, 15) is 4.79 Å². The van der Waals surface area contributed by atoms with E-state index in [-0.39, 0.29) is 11.8 Å². The fourth-order valence-electron chi connectivity index (χ4n) is 3.15. The van der Waals surface area contributed by atoms with E-state index in [2.05, 4.69) is 15.3 Å². The SMILES string of the molecule is Cc1nccc(-c2cccc(NC(=O)[C@H]3COc4ccc(Cl)cc4C3)c2)n1. The quantitative estimate of drug-likeness (QED) is 0.737. The molecule has 0 fully saturated rings. The number of rotatable bonds is 3. The number of benzene rings is 2. The van der Waals surface area contributed by atoms with Gasteiger partial charge in [0.15, 0.2) is 0 Å². The summed E-state index contributed by atoms with van der Waals surface area (Å²) in [4.78, 5) is 21.3. The molecule has 2 aromatic carbocycles. The van der Waals surface area contributed by atoms with Crippen LogP contribution in [0.1, 0.15) is 11.4 Å². The number of amides is 1. The van der Waals surface area contributed by atoms with Gasteiger partial charge in [0, 0.05) is 22.5 Å². The smallest absolute Gasteiger partial charge is 0.231 e. The topological polar surface area (TPSA) is 64.1 Å². The van der Waals surface area contributed by atoms with Gasteiger partial charge in [-0.15, -0.1) is 0 Å². The van der Waals surface area contributed by atoms with Crippen molar-refractivity contribution in [1.29, 1.82) is 0 Å². The van der Waals surface area contributed by atoms with Crippen LogP contribution in [0.5, 0.6) is 5.75 Å². The molecule has 2 heterocycles. The molecule has 5 nitrogen and oxygen atoms in total. The number of carbonyl (C=O) groups excluding carboxylic acids is 1. The molecule has 4 rings (SSSR count). The molecule has 3 aromatic rings. The molecule has 0 aliphatic carbocycles. The van der Waals surface area contributed by atoms with Crippen LogP contribution in [0.2, 0.25) is 5.02 Å². The Bertz CT molecular complexity index is 1010. The summed E-state index contributed by atoms with van der Waals surface area (Å²) in [5.74, 6) is 1.17. The molecule has 1 atom stereocenters. The predicted molar refractivity (Wildman–Crippen MR) is 105 cm³/mol. The van der Waals surface area contributed by atoms with Crippen molar-refractivity contribution in [2.24, 2.45) is 5.92 Å². The summed E-state index contributed by atoms with van der Waals surface area (Å²) in [6.45, 7) is 2.20. The lowest BCUT2D eigenvalue weighted by Gasteiger charge is -2.24. The lowest BCUT2D eigenvalue weighted by molar-refractivity contribution is -0.121. The second-order valence-corrected chi connectivity index (χ2v) is 6.96. The molecule has 1 N–H and O–H groups in total. The number of nitrogens with one attached hydrogen (secondary N) is 1. The predicted octanol–water partition coefficient (Wildman–Crippen LogP) is 4.30. The normalized spacial score (nSPS) is 15.6. The second kappa shape index (κ2) is 7.37. The first kappa shape index (κ1) is 17.5. The lowest BCUT2D eigenvalue weighted by atomic mass is 9.96. The zero-order valence-corrected chi connectivity index (χ0v) is 15.5. The van der Waals surface area contributed by atoms with Crippen LogP contribution in [0.25, 0.3) is 11.3 Å². The van der Waals surface area contributed by atoms with Crippen LogP contribution in [0, 0.1) is 12.8 Å². The number of fused-ring (bicyclic) bond motifs is 1. The van der Waals surface area contributed by atoms with Crippen LogP contribution < -0.4 is 10.1 Å². The first-order chi connectivity index (χ1) is 13.1. The van der Waals surface area contributed by atoms with E-state index in [1.165, 1.54) is 0 Å². The molecule has 1 aliphatic rings. The highest BCUT2D eigenvalue weighted by molar-refractivity contribution is 6.30. The van der Waals surface area contributed by atoms with E-state index in [1.54, 1.807) is 12.3 Å². The van der Waals surface area contributed by atoms with Gasteiger partial charge < -0.3 is 10.1 Å². The minimum atomic E-state index is -0.263. The molecule has 6 heteroatoms. The van der Waals surface area contributed by atoms with Gasteiger partial charge in [-0.05, 0) is 55.3 Å². The Morgan fingerprint density at radius 1 is 1.22 bits per heavy atom. The van der Waals surface area contributed by atoms with Crippen molar-refractivity contribution >= 4 is 23.2 Å². The number of carbonyl (C=O) groups is 1. The van der Waals surface area contributed by atoms with E-state index >= 15 is 0 Å². The van der Waals surface area contributed by atoms with E-state index in [4.69, 9.17) is 16.3 Å². The van der Waals surface area contributed by atoms with Crippen molar-refractivity contribution in [2.75, 3.05) is 11.9 Å². The highest BCUT2D eigenvalue weighted by atomic mass is 35.5. The van der Waals surface area contributed by atoms with Gasteiger partial charge in [-0.3, -0.25) is 4.79 Å². The van der Waals surface area contributed by atoms with Crippen LogP contribution in [-0.4, -0.2) is 22.5 Å². The number of halogens is 1. The molecule has 0 saturated carbocycles. The largest absolute Gasteiger partial charge is 0.492 e. The Labute approximate surface area is 162 Å². The fraction of sp³-hybridized carbons (Fsp3) is 0.190. The average molecular weight is 380 g/mol. The zero-order valence-electron chi connectivity index (χ0n) is 14.8. The minimum Gasteiger partial charge on any atom is -0.492 e. The Morgan fingerprint density at radius 3 is 2.96 bits per heavy atom. The maximum absolute atomic E-state index is 12.7. The fourth-order valence-corrected chi connectivity index (χ4v) is 3.34. The van der Waals surface area contributed by atoms with Gasteiger partial charge in [0.25, 0.3) is 0 Å². The van der Waals surface area contributed by atoms with Gasteiger partial charge in [-0.2, -0.15) is 0 Å². The Morgan fingerprint density at radius 2 is 2.11 bits per heavy atom. The van der Waals surface area contributed by atoms with Crippen LogP contribution in [0.3, 0.4) is 0 Å². The highest BCUT2D eigenvalue weighted by Gasteiger charge is 2.26. The van der Waals surface area contributed by atoms with E-state index < -0.39 is 0 Å². The third-order valence-corrected chi connectivity index (χ3v) is 4.74. The first-order valence-corrected chi connectivity index (χ1v) is 9.08. The molecular weight excluding hydrogens is 362 g/mol. The summed E-state index contributed by atoms with van der Waals surface area (Å²) in [6.07, 6.45) is 2.33. The van der Waals surface area contributed by atoms with Gasteiger partial charge >= 0.3 is 0 Å². The Kier molecular flexibility index (Phi) is 4.77. The molecular formula is C21H18ClN3O2. The Balaban J connectivity index is 1.50. The van der Waals surface area contributed by atoms with E-state index in [0.717, 1.165) is 28.3 Å². The number of hydrogen-bond donors (Lipinski definition) is 1. The number of ether oxygens (including phenoxy) is 1. The van der Waals surface area contributed by atoms with Crippen LogP contribution in [-0.2, 0) is 11.2 Å². The van der Waals surface area contributed by atoms with Crippen LogP contribution in [0.4, 0.5) is 5.69 Å². The summed E-state index contributed by atoms with van der Waals surface area (Å²) in [7, 11) is 0. The average Bonchev–Trinajstić information content (AvgIpc) is 2.67. The first-order valence-electron chi connectivity index (χ1n) is 8.71. The van der Waals surface area contributed by atoms with Crippen LogP contribution >= 0.6 is 11.6 Å². The second-order valence-electron chi connectivity index (χ2n) is 6.52. The number of hydrogen-bond acceptors (Lipinski definition) is 4. The van der Waals surface area contributed by atoms with Gasteiger partial charge in [0.2, 0.25) is 5.91 Å². The molecule has 0 bridgehead atoms. The maximum Gasteiger partial charge on any atom is 0.231 e. The van der Waals surface area contributed by atoms with Crippen LogP contribution in [0.15, 0.2) is 54.7 Å². The maximum atomic E-state index is 12.7. The zero-order chi connectivity index (χ0) is 18.8. The molecule has 136 valence electrons.